The predicted molar refractivity (Wildman–Crippen MR) is 55.8 cm³/mol. The van der Waals surface area contributed by atoms with Crippen LogP contribution in [0.2, 0.25) is 0 Å². The Morgan fingerprint density at radius 2 is 1.17 bits per heavy atom. The molecule has 0 aliphatic heterocycles. The average molecular weight is 193 g/mol. The molecule has 0 atom stereocenters. The summed E-state index contributed by atoms with van der Waals surface area (Å²) >= 11 is 0. The van der Waals surface area contributed by atoms with E-state index in [2.05, 4.69) is 38.0 Å². The van der Waals surface area contributed by atoms with E-state index in [0.29, 0.717) is 5.66 Å². The molecule has 1 aliphatic rings. The maximum atomic E-state index is 2.36. The van der Waals surface area contributed by atoms with Gasteiger partial charge in [-0.2, -0.15) is 0 Å². The summed E-state index contributed by atoms with van der Waals surface area (Å²) in [4.78, 5) is 4.72. The van der Waals surface area contributed by atoms with Gasteiger partial charge < -0.3 is 0 Å². The van der Waals surface area contributed by atoms with E-state index < -0.39 is 0 Å². The van der Waals surface area contributed by atoms with E-state index in [9.17, 15) is 0 Å². The fourth-order valence-corrected chi connectivity index (χ4v) is 2.24. The first-order chi connectivity index (χ1) is 5.09. The minimum absolute atomic E-state index is 0. The van der Waals surface area contributed by atoms with Gasteiger partial charge in [-0.15, -0.1) is 12.4 Å². The van der Waals surface area contributed by atoms with E-state index in [1.165, 1.54) is 25.7 Å². The number of nitrogens with zero attached hydrogens (tertiary/aromatic N) is 2. The van der Waals surface area contributed by atoms with Crippen LogP contribution in [-0.2, 0) is 0 Å². The third-order valence-electron chi connectivity index (χ3n) is 3.07. The summed E-state index contributed by atoms with van der Waals surface area (Å²) in [5, 5.41) is 0. The highest BCUT2D eigenvalue weighted by atomic mass is 35.5. The minimum atomic E-state index is 0. The molecule has 1 aliphatic carbocycles. The molecule has 74 valence electrons. The molecule has 1 fully saturated rings. The van der Waals surface area contributed by atoms with Crippen molar-refractivity contribution in [3.8, 4) is 0 Å². The van der Waals surface area contributed by atoms with Crippen molar-refractivity contribution in [1.29, 1.82) is 0 Å². The van der Waals surface area contributed by atoms with Gasteiger partial charge in [0.05, 0.1) is 5.66 Å². The van der Waals surface area contributed by atoms with Gasteiger partial charge >= 0.3 is 0 Å². The van der Waals surface area contributed by atoms with E-state index in [1.54, 1.807) is 0 Å². The smallest absolute Gasteiger partial charge is 0.0727 e. The van der Waals surface area contributed by atoms with Crippen LogP contribution < -0.4 is 0 Å². The van der Waals surface area contributed by atoms with Crippen LogP contribution in [0.25, 0.3) is 0 Å². The zero-order chi connectivity index (χ0) is 8.48. The molecular formula is C9H21ClN2. The molecule has 0 N–H and O–H groups in total. The van der Waals surface area contributed by atoms with Crippen molar-refractivity contribution in [2.75, 3.05) is 28.2 Å². The second-order valence-corrected chi connectivity index (χ2v) is 3.98. The van der Waals surface area contributed by atoms with Crippen molar-refractivity contribution >= 4 is 12.4 Å². The van der Waals surface area contributed by atoms with Gasteiger partial charge in [0.1, 0.15) is 0 Å². The first-order valence-electron chi connectivity index (χ1n) is 4.44. The third-order valence-corrected chi connectivity index (χ3v) is 3.07. The highest BCUT2D eigenvalue weighted by Crippen LogP contribution is 2.34. The van der Waals surface area contributed by atoms with Crippen LogP contribution in [0, 0.1) is 0 Å². The summed E-state index contributed by atoms with van der Waals surface area (Å²) in [5.74, 6) is 0. The maximum Gasteiger partial charge on any atom is 0.0727 e. The van der Waals surface area contributed by atoms with Gasteiger partial charge in [0.25, 0.3) is 0 Å². The number of rotatable bonds is 2. The summed E-state index contributed by atoms with van der Waals surface area (Å²) in [6, 6.07) is 0. The lowest BCUT2D eigenvalue weighted by atomic mass is 10.1. The highest BCUT2D eigenvalue weighted by molar-refractivity contribution is 5.85. The summed E-state index contributed by atoms with van der Waals surface area (Å²) in [5.41, 5.74) is 0.361. The molecule has 0 amide bonds. The van der Waals surface area contributed by atoms with Crippen molar-refractivity contribution in [1.82, 2.24) is 9.80 Å². The van der Waals surface area contributed by atoms with Gasteiger partial charge in [-0.05, 0) is 41.0 Å². The van der Waals surface area contributed by atoms with Crippen molar-refractivity contribution in [3.05, 3.63) is 0 Å². The van der Waals surface area contributed by atoms with Crippen LogP contribution in [0.15, 0.2) is 0 Å². The van der Waals surface area contributed by atoms with E-state index in [1.807, 2.05) is 0 Å². The third kappa shape index (κ3) is 1.93. The predicted octanol–water partition coefficient (Wildman–Crippen LogP) is 1.80. The Morgan fingerprint density at radius 3 is 1.33 bits per heavy atom. The minimum Gasteiger partial charge on any atom is -0.291 e. The Labute approximate surface area is 82.3 Å². The molecule has 3 heteroatoms. The second kappa shape index (κ2) is 4.45. The lowest BCUT2D eigenvalue weighted by Crippen LogP contribution is -2.52. The van der Waals surface area contributed by atoms with Crippen molar-refractivity contribution in [3.63, 3.8) is 0 Å². The zero-order valence-corrected chi connectivity index (χ0v) is 9.45. The monoisotopic (exact) mass is 192 g/mol. The quantitative estimate of drug-likeness (QED) is 0.616. The normalized spacial score (nSPS) is 21.5. The molecule has 0 heterocycles. The number of hydrogen-bond acceptors (Lipinski definition) is 2. The van der Waals surface area contributed by atoms with Crippen molar-refractivity contribution in [2.24, 2.45) is 0 Å². The summed E-state index contributed by atoms with van der Waals surface area (Å²) in [6.45, 7) is 0. The first kappa shape index (κ1) is 12.2. The molecule has 0 aromatic rings. The molecule has 0 bridgehead atoms. The van der Waals surface area contributed by atoms with E-state index in [-0.39, 0.29) is 12.4 Å². The molecule has 2 nitrogen and oxygen atoms in total. The summed E-state index contributed by atoms with van der Waals surface area (Å²) < 4.78 is 0. The molecule has 1 saturated carbocycles. The molecular weight excluding hydrogens is 172 g/mol. The van der Waals surface area contributed by atoms with Gasteiger partial charge in [-0.1, -0.05) is 12.8 Å². The molecule has 0 saturated heterocycles. The molecule has 0 aromatic carbocycles. The van der Waals surface area contributed by atoms with E-state index in [0.717, 1.165) is 0 Å². The van der Waals surface area contributed by atoms with Gasteiger partial charge in [0, 0.05) is 0 Å². The van der Waals surface area contributed by atoms with Gasteiger partial charge in [-0.3, -0.25) is 9.80 Å². The van der Waals surface area contributed by atoms with Crippen LogP contribution >= 0.6 is 12.4 Å². The summed E-state index contributed by atoms with van der Waals surface area (Å²) in [7, 11) is 8.74. The largest absolute Gasteiger partial charge is 0.291 e. The first-order valence-corrected chi connectivity index (χ1v) is 4.44. The molecule has 0 spiro atoms. The summed E-state index contributed by atoms with van der Waals surface area (Å²) in [6.07, 6.45) is 5.42. The van der Waals surface area contributed by atoms with Crippen LogP contribution in [0.1, 0.15) is 25.7 Å². The van der Waals surface area contributed by atoms with E-state index >= 15 is 0 Å². The zero-order valence-electron chi connectivity index (χ0n) is 8.63. The Kier molecular flexibility index (Phi) is 4.53. The lowest BCUT2D eigenvalue weighted by molar-refractivity contribution is 0.0102. The molecule has 0 aromatic heterocycles. The average Bonchev–Trinajstić information content (AvgIpc) is 2.34. The van der Waals surface area contributed by atoms with Crippen LogP contribution in [0.5, 0.6) is 0 Å². The van der Waals surface area contributed by atoms with Crippen LogP contribution in [0.3, 0.4) is 0 Å². The highest BCUT2D eigenvalue weighted by Gasteiger charge is 2.37. The lowest BCUT2D eigenvalue weighted by Gasteiger charge is -2.42. The van der Waals surface area contributed by atoms with Gasteiger partial charge in [-0.25, -0.2) is 0 Å². The van der Waals surface area contributed by atoms with Crippen molar-refractivity contribution < 1.29 is 0 Å². The fourth-order valence-electron chi connectivity index (χ4n) is 2.24. The Hall–Kier alpha value is 0.210. The number of halogens is 1. The molecule has 12 heavy (non-hydrogen) atoms. The Morgan fingerprint density at radius 1 is 0.833 bits per heavy atom. The maximum absolute atomic E-state index is 2.36. The second-order valence-electron chi connectivity index (χ2n) is 3.98. The van der Waals surface area contributed by atoms with E-state index in [4.69, 9.17) is 0 Å². The van der Waals surface area contributed by atoms with Gasteiger partial charge in [0.15, 0.2) is 0 Å². The Balaban J connectivity index is 0.00000121. The van der Waals surface area contributed by atoms with Crippen LogP contribution in [0.4, 0.5) is 0 Å². The topological polar surface area (TPSA) is 6.48 Å². The molecule has 1 rings (SSSR count). The molecule has 0 unspecified atom stereocenters. The molecule has 0 radical (unpaired) electrons. The van der Waals surface area contributed by atoms with Crippen molar-refractivity contribution in [2.45, 2.75) is 31.3 Å². The Bertz CT molecular complexity index is 118. The SMILES string of the molecule is CN(C)C1(N(C)C)CCCC1.Cl. The van der Waals surface area contributed by atoms with Gasteiger partial charge in [0.2, 0.25) is 0 Å². The van der Waals surface area contributed by atoms with Crippen LogP contribution in [-0.4, -0.2) is 43.7 Å². The standard InChI is InChI=1S/C9H20N2.ClH/c1-10(2)9(11(3)4)7-5-6-8-9;/h5-8H2,1-4H3;1H. The fraction of sp³-hybridized carbons (Fsp3) is 1.00. The number of hydrogen-bond donors (Lipinski definition) is 0.